The van der Waals surface area contributed by atoms with Crippen LogP contribution in [-0.2, 0) is 11.2 Å². The number of amides is 1. The summed E-state index contributed by atoms with van der Waals surface area (Å²) in [7, 11) is 0. The van der Waals surface area contributed by atoms with Gasteiger partial charge in [0.1, 0.15) is 0 Å². The first-order valence-corrected chi connectivity index (χ1v) is 9.97. The number of rotatable bonds is 5. The summed E-state index contributed by atoms with van der Waals surface area (Å²) in [5.74, 6) is 1.88. The van der Waals surface area contributed by atoms with Crippen LogP contribution in [-0.4, -0.2) is 21.7 Å². The second-order valence-corrected chi connectivity index (χ2v) is 7.90. The van der Waals surface area contributed by atoms with Crippen LogP contribution < -0.4 is 4.90 Å². The molecule has 0 aliphatic heterocycles. The van der Waals surface area contributed by atoms with Gasteiger partial charge in [-0.2, -0.15) is 0 Å². The highest BCUT2D eigenvalue weighted by atomic mass is 16.2. The van der Waals surface area contributed by atoms with E-state index in [0.29, 0.717) is 0 Å². The lowest BCUT2D eigenvalue weighted by Gasteiger charge is -2.32. The average molecular weight is 354 g/mol. The summed E-state index contributed by atoms with van der Waals surface area (Å²) in [6, 6.07) is 10.5. The van der Waals surface area contributed by atoms with Gasteiger partial charge in [0.05, 0.1) is 5.69 Å². The number of benzene rings is 1. The monoisotopic (exact) mass is 353 g/mol. The fraction of sp³-hybridized carbons (Fsp3) is 0.545. The molecule has 1 aliphatic carbocycles. The predicted molar refractivity (Wildman–Crippen MR) is 107 cm³/mol. The van der Waals surface area contributed by atoms with Gasteiger partial charge in [0.2, 0.25) is 5.91 Å². The normalized spacial score (nSPS) is 20.3. The lowest BCUT2D eigenvalue weighted by atomic mass is 9.82. The third-order valence-electron chi connectivity index (χ3n) is 5.55. The van der Waals surface area contributed by atoms with E-state index in [9.17, 15) is 4.79 Å². The third-order valence-corrected chi connectivity index (χ3v) is 5.55. The Bertz CT molecular complexity index is 724. The third kappa shape index (κ3) is 4.00. The van der Waals surface area contributed by atoms with E-state index < -0.39 is 0 Å². The summed E-state index contributed by atoms with van der Waals surface area (Å²) >= 11 is 0. The molecular formula is C22H31N3O. The van der Waals surface area contributed by atoms with E-state index in [2.05, 4.69) is 52.0 Å². The Balaban J connectivity index is 1.80. The fourth-order valence-electron chi connectivity index (χ4n) is 3.81. The van der Waals surface area contributed by atoms with Crippen molar-refractivity contribution < 1.29 is 4.79 Å². The van der Waals surface area contributed by atoms with Crippen LogP contribution in [0.4, 0.5) is 5.82 Å². The molecular weight excluding hydrogens is 322 g/mol. The van der Waals surface area contributed by atoms with Gasteiger partial charge in [0, 0.05) is 24.2 Å². The highest BCUT2D eigenvalue weighted by Crippen LogP contribution is 2.31. The van der Waals surface area contributed by atoms with E-state index in [-0.39, 0.29) is 17.9 Å². The highest BCUT2D eigenvalue weighted by molar-refractivity contribution is 5.94. The van der Waals surface area contributed by atoms with Gasteiger partial charge in [-0.3, -0.25) is 9.69 Å². The number of nitrogens with zero attached hydrogens (tertiary/aromatic N) is 3. The van der Waals surface area contributed by atoms with Gasteiger partial charge >= 0.3 is 0 Å². The van der Waals surface area contributed by atoms with Crippen molar-refractivity contribution in [2.24, 2.45) is 11.8 Å². The van der Waals surface area contributed by atoms with Crippen LogP contribution >= 0.6 is 0 Å². The number of carbonyl (C=O) groups excluding carboxylic acids is 1. The lowest BCUT2D eigenvalue weighted by molar-refractivity contribution is -0.123. The average Bonchev–Trinajstić information content (AvgIpc) is 3.11. The molecule has 0 bridgehead atoms. The molecule has 26 heavy (non-hydrogen) atoms. The molecule has 0 unspecified atom stereocenters. The maximum atomic E-state index is 13.2. The molecule has 0 atom stereocenters. The van der Waals surface area contributed by atoms with Crippen LogP contribution in [0.5, 0.6) is 0 Å². The number of anilines is 1. The Morgan fingerprint density at radius 2 is 1.81 bits per heavy atom. The van der Waals surface area contributed by atoms with Crippen molar-refractivity contribution >= 4 is 11.7 Å². The zero-order chi connectivity index (χ0) is 18.7. The van der Waals surface area contributed by atoms with Crippen LogP contribution in [0.2, 0.25) is 0 Å². The SMILES string of the molecule is CCc1ccc(-n2ccc(N(C(=O)C3CCC(C)CC3)C(C)C)n2)cc1. The molecule has 1 amide bonds. The van der Waals surface area contributed by atoms with E-state index in [1.807, 2.05) is 21.8 Å². The van der Waals surface area contributed by atoms with Crippen molar-refractivity contribution in [2.75, 3.05) is 4.90 Å². The molecule has 0 radical (unpaired) electrons. The molecule has 140 valence electrons. The maximum Gasteiger partial charge on any atom is 0.231 e. The topological polar surface area (TPSA) is 38.1 Å². The molecule has 2 aromatic rings. The van der Waals surface area contributed by atoms with Crippen LogP contribution in [0, 0.1) is 11.8 Å². The molecule has 1 heterocycles. The Labute approximate surface area is 157 Å². The minimum absolute atomic E-state index is 0.104. The maximum absolute atomic E-state index is 13.2. The molecule has 3 rings (SSSR count). The van der Waals surface area contributed by atoms with Gasteiger partial charge in [0.25, 0.3) is 0 Å². The fourth-order valence-corrected chi connectivity index (χ4v) is 3.81. The van der Waals surface area contributed by atoms with Gasteiger partial charge in [-0.15, -0.1) is 5.10 Å². The van der Waals surface area contributed by atoms with Gasteiger partial charge in [-0.1, -0.05) is 26.0 Å². The van der Waals surface area contributed by atoms with Crippen LogP contribution in [0.1, 0.15) is 58.9 Å². The van der Waals surface area contributed by atoms with Gasteiger partial charge in [-0.25, -0.2) is 4.68 Å². The molecule has 4 heteroatoms. The highest BCUT2D eigenvalue weighted by Gasteiger charge is 2.31. The van der Waals surface area contributed by atoms with Gasteiger partial charge in [-0.05, 0) is 69.6 Å². The first kappa shape index (κ1) is 18.7. The minimum atomic E-state index is 0.104. The molecule has 1 aliphatic rings. The summed E-state index contributed by atoms with van der Waals surface area (Å²) < 4.78 is 1.86. The van der Waals surface area contributed by atoms with E-state index in [1.54, 1.807) is 0 Å². The number of aromatic nitrogens is 2. The Hall–Kier alpha value is -2.10. The van der Waals surface area contributed by atoms with Crippen molar-refractivity contribution in [3.05, 3.63) is 42.1 Å². The first-order valence-electron chi connectivity index (χ1n) is 9.97. The standard InChI is InChI=1S/C22H31N3O/c1-5-18-8-12-20(13-9-18)24-15-14-21(23-24)25(16(2)3)22(26)19-10-6-17(4)7-11-19/h8-9,12-17,19H,5-7,10-11H2,1-4H3. The lowest BCUT2D eigenvalue weighted by Crippen LogP contribution is -2.42. The molecule has 0 saturated heterocycles. The van der Waals surface area contributed by atoms with Crippen LogP contribution in [0.15, 0.2) is 36.5 Å². The van der Waals surface area contributed by atoms with Gasteiger partial charge in [0.15, 0.2) is 5.82 Å². The second kappa shape index (κ2) is 8.07. The molecule has 1 aromatic carbocycles. The summed E-state index contributed by atoms with van der Waals surface area (Å²) in [5.41, 5.74) is 2.34. The zero-order valence-corrected chi connectivity index (χ0v) is 16.5. The quantitative estimate of drug-likeness (QED) is 0.758. The van der Waals surface area contributed by atoms with E-state index in [0.717, 1.165) is 49.5 Å². The summed E-state index contributed by atoms with van der Waals surface area (Å²) in [6.45, 7) is 8.57. The number of carbonyl (C=O) groups is 1. The van der Waals surface area contributed by atoms with Crippen molar-refractivity contribution in [3.63, 3.8) is 0 Å². The zero-order valence-electron chi connectivity index (χ0n) is 16.5. The molecule has 0 N–H and O–H groups in total. The van der Waals surface area contributed by atoms with Crippen LogP contribution in [0.25, 0.3) is 5.69 Å². The molecule has 1 saturated carbocycles. The predicted octanol–water partition coefficient (Wildman–Crippen LogP) is 5.00. The van der Waals surface area contributed by atoms with Crippen molar-refractivity contribution in [2.45, 2.75) is 65.8 Å². The number of hydrogen-bond donors (Lipinski definition) is 0. The van der Waals surface area contributed by atoms with Crippen molar-refractivity contribution in [1.29, 1.82) is 0 Å². The minimum Gasteiger partial charge on any atom is -0.293 e. The van der Waals surface area contributed by atoms with Crippen LogP contribution in [0.3, 0.4) is 0 Å². The van der Waals surface area contributed by atoms with E-state index in [4.69, 9.17) is 5.10 Å². The summed E-state index contributed by atoms with van der Waals surface area (Å²) in [5, 5.41) is 4.71. The second-order valence-electron chi connectivity index (χ2n) is 7.90. The Morgan fingerprint density at radius 1 is 1.15 bits per heavy atom. The smallest absolute Gasteiger partial charge is 0.231 e. The molecule has 4 nitrogen and oxygen atoms in total. The Morgan fingerprint density at radius 3 is 2.38 bits per heavy atom. The van der Waals surface area contributed by atoms with Gasteiger partial charge < -0.3 is 0 Å². The number of aryl methyl sites for hydroxylation is 1. The van der Waals surface area contributed by atoms with E-state index in [1.165, 1.54) is 5.56 Å². The molecule has 1 aromatic heterocycles. The summed E-state index contributed by atoms with van der Waals surface area (Å²) in [6.07, 6.45) is 7.29. The van der Waals surface area contributed by atoms with Crippen molar-refractivity contribution in [3.8, 4) is 5.69 Å². The molecule has 0 spiro atoms. The Kier molecular flexibility index (Phi) is 5.80. The molecule has 1 fully saturated rings. The van der Waals surface area contributed by atoms with Crippen molar-refractivity contribution in [1.82, 2.24) is 9.78 Å². The first-order chi connectivity index (χ1) is 12.5. The number of hydrogen-bond acceptors (Lipinski definition) is 2. The largest absolute Gasteiger partial charge is 0.293 e. The summed E-state index contributed by atoms with van der Waals surface area (Å²) in [4.78, 5) is 15.0. The van der Waals surface area contributed by atoms with E-state index >= 15 is 0 Å².